The van der Waals surface area contributed by atoms with Crippen LogP contribution in [0.25, 0.3) is 16.7 Å². The van der Waals surface area contributed by atoms with E-state index in [1.807, 2.05) is 25.2 Å². The van der Waals surface area contributed by atoms with Crippen LogP contribution in [0.15, 0.2) is 29.1 Å². The van der Waals surface area contributed by atoms with Crippen molar-refractivity contribution in [2.24, 2.45) is 7.05 Å². The maximum atomic E-state index is 11.9. The minimum absolute atomic E-state index is 0.191. The van der Waals surface area contributed by atoms with Crippen LogP contribution in [0.5, 0.6) is 0 Å². The summed E-state index contributed by atoms with van der Waals surface area (Å²) in [7, 11) is 1.83. The largest absolute Gasteiger partial charge is 0.311 e. The summed E-state index contributed by atoms with van der Waals surface area (Å²) < 4.78 is 2.99. The first-order valence-corrected chi connectivity index (χ1v) is 4.45. The average molecular weight is 201 g/mol. The summed E-state index contributed by atoms with van der Waals surface area (Å²) in [6.45, 7) is 0. The van der Waals surface area contributed by atoms with Gasteiger partial charge in [-0.15, -0.1) is 4.52 Å². The fourth-order valence-corrected chi connectivity index (χ4v) is 1.69. The Morgan fingerprint density at radius 2 is 2.07 bits per heavy atom. The van der Waals surface area contributed by atoms with Gasteiger partial charge >= 0.3 is 0 Å². The lowest BCUT2D eigenvalue weighted by molar-refractivity contribution is 0.796. The van der Waals surface area contributed by atoms with E-state index < -0.39 is 0 Å². The van der Waals surface area contributed by atoms with Crippen molar-refractivity contribution in [1.29, 1.82) is 0 Å². The van der Waals surface area contributed by atoms with Crippen LogP contribution in [-0.4, -0.2) is 24.6 Å². The predicted octanol–water partition coefficient (Wildman–Crippen LogP) is -0.0238. The minimum Gasteiger partial charge on any atom is -0.311 e. The Labute approximate surface area is 83.8 Å². The van der Waals surface area contributed by atoms with Gasteiger partial charge in [0, 0.05) is 7.05 Å². The molecule has 0 aliphatic rings. The van der Waals surface area contributed by atoms with Gasteiger partial charge in [-0.25, -0.2) is 0 Å². The van der Waals surface area contributed by atoms with E-state index in [4.69, 9.17) is 0 Å². The lowest BCUT2D eigenvalue weighted by Crippen LogP contribution is -2.18. The number of hydrogen-bond donors (Lipinski definition) is 0. The number of para-hydroxylation sites is 1. The van der Waals surface area contributed by atoms with Crippen molar-refractivity contribution in [2.45, 2.75) is 0 Å². The highest BCUT2D eigenvalue weighted by molar-refractivity contribution is 5.79. The number of benzene rings is 1. The molecule has 0 saturated heterocycles. The standard InChI is InChI=1S/C9H7N5O/c1-13-7-5-3-2-4-6(7)8(15)14-9(13)10-11-12-14/h2-5H,1H3. The van der Waals surface area contributed by atoms with Crippen LogP contribution in [0.3, 0.4) is 0 Å². The number of fused-ring (bicyclic) bond motifs is 2. The molecule has 3 aromatic rings. The van der Waals surface area contributed by atoms with Crippen LogP contribution in [0.1, 0.15) is 0 Å². The zero-order valence-corrected chi connectivity index (χ0v) is 7.95. The lowest BCUT2D eigenvalue weighted by Gasteiger charge is -2.04. The van der Waals surface area contributed by atoms with Gasteiger partial charge in [-0.05, 0) is 22.6 Å². The predicted molar refractivity (Wildman–Crippen MR) is 53.5 cm³/mol. The normalized spacial score (nSPS) is 11.3. The maximum Gasteiger partial charge on any atom is 0.284 e. The Hall–Kier alpha value is -2.24. The smallest absolute Gasteiger partial charge is 0.284 e. The molecular weight excluding hydrogens is 194 g/mol. The highest BCUT2D eigenvalue weighted by atomic mass is 16.1. The molecular formula is C9H7N5O. The third kappa shape index (κ3) is 0.927. The molecule has 0 atom stereocenters. The Balaban J connectivity index is 2.76. The van der Waals surface area contributed by atoms with Crippen LogP contribution in [0.2, 0.25) is 0 Å². The molecule has 1 aromatic carbocycles. The first-order valence-electron chi connectivity index (χ1n) is 4.45. The lowest BCUT2D eigenvalue weighted by atomic mass is 10.2. The summed E-state index contributed by atoms with van der Waals surface area (Å²) >= 11 is 0. The first-order chi connectivity index (χ1) is 7.29. The van der Waals surface area contributed by atoms with Crippen LogP contribution in [-0.2, 0) is 7.05 Å². The van der Waals surface area contributed by atoms with Crippen molar-refractivity contribution in [1.82, 2.24) is 24.6 Å². The molecule has 0 aliphatic heterocycles. The van der Waals surface area contributed by atoms with Gasteiger partial charge in [0.15, 0.2) is 0 Å². The topological polar surface area (TPSA) is 65.1 Å². The van der Waals surface area contributed by atoms with E-state index in [2.05, 4.69) is 15.5 Å². The monoisotopic (exact) mass is 201 g/mol. The third-order valence-electron chi connectivity index (χ3n) is 2.44. The second kappa shape index (κ2) is 2.63. The number of nitrogens with zero attached hydrogens (tertiary/aromatic N) is 5. The molecule has 6 nitrogen and oxygen atoms in total. The Bertz CT molecular complexity index is 711. The van der Waals surface area contributed by atoms with E-state index in [9.17, 15) is 4.79 Å². The minimum atomic E-state index is -0.191. The van der Waals surface area contributed by atoms with Crippen molar-refractivity contribution in [3.8, 4) is 0 Å². The molecule has 3 rings (SSSR count). The van der Waals surface area contributed by atoms with Crippen LogP contribution >= 0.6 is 0 Å². The van der Waals surface area contributed by atoms with Crippen molar-refractivity contribution in [3.63, 3.8) is 0 Å². The van der Waals surface area contributed by atoms with E-state index in [0.29, 0.717) is 11.2 Å². The average Bonchev–Trinajstić information content (AvgIpc) is 2.75. The maximum absolute atomic E-state index is 11.9. The number of aromatic nitrogens is 5. The van der Waals surface area contributed by atoms with Crippen LogP contribution in [0, 0.1) is 0 Å². The van der Waals surface area contributed by atoms with Gasteiger partial charge < -0.3 is 4.57 Å². The first kappa shape index (κ1) is 8.10. The zero-order chi connectivity index (χ0) is 10.4. The molecule has 0 saturated carbocycles. The number of tetrazole rings is 1. The second-order valence-corrected chi connectivity index (χ2v) is 3.27. The number of hydrogen-bond acceptors (Lipinski definition) is 4. The van der Waals surface area contributed by atoms with Gasteiger partial charge in [0.1, 0.15) is 0 Å². The highest BCUT2D eigenvalue weighted by Crippen LogP contribution is 2.09. The quantitative estimate of drug-likeness (QED) is 0.512. The molecule has 0 fully saturated rings. The molecule has 0 aliphatic carbocycles. The number of aryl methyl sites for hydroxylation is 1. The molecule has 15 heavy (non-hydrogen) atoms. The molecule has 0 bridgehead atoms. The van der Waals surface area contributed by atoms with E-state index in [0.717, 1.165) is 5.52 Å². The second-order valence-electron chi connectivity index (χ2n) is 3.27. The molecule has 2 aromatic heterocycles. The van der Waals surface area contributed by atoms with Crippen LogP contribution in [0.4, 0.5) is 0 Å². The summed E-state index contributed by atoms with van der Waals surface area (Å²) in [5.41, 5.74) is 0.633. The fraction of sp³-hybridized carbons (Fsp3) is 0.111. The van der Waals surface area contributed by atoms with Gasteiger partial charge in [0.05, 0.1) is 10.9 Å². The third-order valence-corrected chi connectivity index (χ3v) is 2.44. The summed E-state index contributed by atoms with van der Waals surface area (Å²) in [6, 6.07) is 7.33. The Kier molecular flexibility index (Phi) is 1.42. The van der Waals surface area contributed by atoms with Gasteiger partial charge in [-0.2, -0.15) is 0 Å². The van der Waals surface area contributed by atoms with Crippen molar-refractivity contribution >= 4 is 16.7 Å². The van der Waals surface area contributed by atoms with E-state index >= 15 is 0 Å². The molecule has 6 heteroatoms. The molecule has 0 radical (unpaired) electrons. The summed E-state index contributed by atoms with van der Waals surface area (Å²) in [5.74, 6) is 0.443. The summed E-state index contributed by atoms with van der Waals surface area (Å²) in [5, 5.41) is 11.5. The summed E-state index contributed by atoms with van der Waals surface area (Å²) in [6.07, 6.45) is 0. The highest BCUT2D eigenvalue weighted by Gasteiger charge is 2.09. The van der Waals surface area contributed by atoms with Crippen LogP contribution < -0.4 is 5.56 Å². The molecule has 2 heterocycles. The van der Waals surface area contributed by atoms with E-state index in [-0.39, 0.29) is 5.56 Å². The molecule has 0 unspecified atom stereocenters. The summed E-state index contributed by atoms with van der Waals surface area (Å²) in [4.78, 5) is 11.9. The molecule has 0 amide bonds. The molecule has 74 valence electrons. The van der Waals surface area contributed by atoms with Gasteiger partial charge in [-0.3, -0.25) is 4.79 Å². The van der Waals surface area contributed by atoms with Crippen molar-refractivity contribution in [2.75, 3.05) is 0 Å². The van der Waals surface area contributed by atoms with Crippen molar-refractivity contribution < 1.29 is 0 Å². The van der Waals surface area contributed by atoms with E-state index in [1.54, 1.807) is 10.6 Å². The SMILES string of the molecule is Cn1c2ccccc2c(=O)n2nnnc12. The zero-order valence-electron chi connectivity index (χ0n) is 7.95. The molecule has 0 spiro atoms. The Morgan fingerprint density at radius 1 is 1.27 bits per heavy atom. The Morgan fingerprint density at radius 3 is 2.93 bits per heavy atom. The number of rotatable bonds is 0. The van der Waals surface area contributed by atoms with Gasteiger partial charge in [0.25, 0.3) is 11.3 Å². The fourth-order valence-electron chi connectivity index (χ4n) is 1.69. The van der Waals surface area contributed by atoms with Gasteiger partial charge in [-0.1, -0.05) is 17.2 Å². The molecule has 0 N–H and O–H groups in total. The van der Waals surface area contributed by atoms with Gasteiger partial charge in [0.2, 0.25) is 0 Å². The van der Waals surface area contributed by atoms with E-state index in [1.165, 1.54) is 4.52 Å². The van der Waals surface area contributed by atoms with Crippen molar-refractivity contribution in [3.05, 3.63) is 34.6 Å².